The van der Waals surface area contributed by atoms with Gasteiger partial charge in [-0.2, -0.15) is 0 Å². The second-order valence-corrected chi connectivity index (χ2v) is 5.23. The molecular weight excluding hydrogens is 262 g/mol. The molecule has 0 aliphatic carbocycles. The first kappa shape index (κ1) is 13.7. The van der Waals surface area contributed by atoms with Crippen molar-refractivity contribution in [1.82, 2.24) is 5.32 Å². The number of hydrogen-bond acceptors (Lipinski definition) is 1. The van der Waals surface area contributed by atoms with Crippen LogP contribution >= 0.6 is 15.9 Å². The molecule has 1 unspecified atom stereocenters. The molecule has 1 aromatic carbocycles. The number of unbranched alkanes of at least 4 members (excludes halogenated alkanes) is 2. The maximum atomic E-state index is 3.52. The van der Waals surface area contributed by atoms with Crippen molar-refractivity contribution in [3.63, 3.8) is 0 Å². The monoisotopic (exact) mass is 283 g/mol. The predicted molar refractivity (Wildman–Crippen MR) is 74.8 cm³/mol. The fourth-order valence-electron chi connectivity index (χ4n) is 1.94. The molecule has 2 heteroatoms. The van der Waals surface area contributed by atoms with Crippen molar-refractivity contribution < 1.29 is 0 Å². The molecule has 1 rings (SSSR count). The summed E-state index contributed by atoms with van der Waals surface area (Å²) in [5, 5.41) is 3.41. The van der Waals surface area contributed by atoms with Crippen LogP contribution < -0.4 is 5.32 Å². The van der Waals surface area contributed by atoms with Gasteiger partial charge in [0.05, 0.1) is 0 Å². The molecule has 0 saturated carbocycles. The van der Waals surface area contributed by atoms with E-state index in [9.17, 15) is 0 Å². The first-order valence-electron chi connectivity index (χ1n) is 6.18. The Kier molecular flexibility index (Phi) is 6.74. The predicted octanol–water partition coefficient (Wildman–Crippen LogP) is 4.16. The van der Waals surface area contributed by atoms with Gasteiger partial charge in [0.1, 0.15) is 0 Å². The van der Waals surface area contributed by atoms with E-state index >= 15 is 0 Å². The van der Waals surface area contributed by atoms with E-state index in [1.54, 1.807) is 0 Å². The van der Waals surface area contributed by atoms with Crippen LogP contribution in [0.3, 0.4) is 0 Å². The lowest BCUT2D eigenvalue weighted by atomic mass is 10.0. The van der Waals surface area contributed by atoms with E-state index in [0.717, 1.165) is 6.42 Å². The van der Waals surface area contributed by atoms with Crippen LogP contribution in [-0.2, 0) is 6.42 Å². The lowest BCUT2D eigenvalue weighted by Crippen LogP contribution is -2.27. The molecule has 1 N–H and O–H groups in total. The fraction of sp³-hybridized carbons (Fsp3) is 0.571. The lowest BCUT2D eigenvalue weighted by molar-refractivity contribution is 0.490. The van der Waals surface area contributed by atoms with E-state index < -0.39 is 0 Å². The molecule has 0 fully saturated rings. The van der Waals surface area contributed by atoms with E-state index in [-0.39, 0.29) is 0 Å². The quantitative estimate of drug-likeness (QED) is 0.741. The van der Waals surface area contributed by atoms with E-state index in [0.29, 0.717) is 6.04 Å². The van der Waals surface area contributed by atoms with Crippen LogP contribution in [0.15, 0.2) is 28.7 Å². The summed E-state index contributed by atoms with van der Waals surface area (Å²) in [6, 6.07) is 9.22. The Morgan fingerprint density at radius 2 is 2.12 bits per heavy atom. The van der Waals surface area contributed by atoms with E-state index in [1.807, 2.05) is 0 Å². The Hall–Kier alpha value is -0.340. The third kappa shape index (κ3) is 5.13. The number of halogens is 1. The van der Waals surface area contributed by atoms with Crippen LogP contribution in [0.1, 0.15) is 38.2 Å². The highest BCUT2D eigenvalue weighted by atomic mass is 79.9. The van der Waals surface area contributed by atoms with Crippen molar-refractivity contribution in [2.45, 2.75) is 45.1 Å². The first-order valence-corrected chi connectivity index (χ1v) is 6.97. The summed E-state index contributed by atoms with van der Waals surface area (Å²) in [5.41, 5.74) is 1.41. The van der Waals surface area contributed by atoms with Gasteiger partial charge in [-0.05, 0) is 37.6 Å². The van der Waals surface area contributed by atoms with Gasteiger partial charge in [-0.3, -0.25) is 0 Å². The number of hydrogen-bond donors (Lipinski definition) is 1. The molecule has 0 amide bonds. The maximum Gasteiger partial charge on any atom is 0.0178 e. The molecule has 0 heterocycles. The molecule has 0 radical (unpaired) electrons. The van der Waals surface area contributed by atoms with Crippen LogP contribution in [0.4, 0.5) is 0 Å². The van der Waals surface area contributed by atoms with Gasteiger partial charge >= 0.3 is 0 Å². The van der Waals surface area contributed by atoms with Crippen molar-refractivity contribution in [3.05, 3.63) is 34.3 Å². The molecule has 0 aliphatic heterocycles. The summed E-state index contributed by atoms with van der Waals surface area (Å²) >= 11 is 3.52. The Balaban J connectivity index is 2.43. The molecular formula is C14H22BrN. The van der Waals surface area contributed by atoms with Gasteiger partial charge in [0.15, 0.2) is 0 Å². The topological polar surface area (TPSA) is 12.0 Å². The van der Waals surface area contributed by atoms with E-state index in [2.05, 4.69) is 59.5 Å². The fourth-order valence-corrected chi connectivity index (χ4v) is 2.38. The van der Waals surface area contributed by atoms with Gasteiger partial charge in [-0.1, -0.05) is 54.2 Å². The molecule has 0 bridgehead atoms. The van der Waals surface area contributed by atoms with Gasteiger partial charge in [0.25, 0.3) is 0 Å². The molecule has 1 nitrogen and oxygen atoms in total. The number of nitrogens with one attached hydrogen (secondary N) is 1. The molecule has 0 spiro atoms. The largest absolute Gasteiger partial charge is 0.317 e. The normalized spacial score (nSPS) is 12.7. The van der Waals surface area contributed by atoms with Gasteiger partial charge in [-0.15, -0.1) is 0 Å². The van der Waals surface area contributed by atoms with Crippen LogP contribution in [0.25, 0.3) is 0 Å². The average molecular weight is 284 g/mol. The minimum Gasteiger partial charge on any atom is -0.317 e. The highest BCUT2D eigenvalue weighted by Gasteiger charge is 2.06. The molecule has 1 aromatic rings. The van der Waals surface area contributed by atoms with Crippen LogP contribution in [0, 0.1) is 0 Å². The zero-order valence-electron chi connectivity index (χ0n) is 10.3. The second-order valence-electron chi connectivity index (χ2n) is 4.32. The summed E-state index contributed by atoms with van der Waals surface area (Å²) in [6.45, 7) is 2.25. The van der Waals surface area contributed by atoms with E-state index in [4.69, 9.17) is 0 Å². The zero-order valence-corrected chi connectivity index (χ0v) is 11.9. The zero-order chi connectivity index (χ0) is 11.8. The molecule has 1 atom stereocenters. The van der Waals surface area contributed by atoms with Crippen LogP contribution in [0.5, 0.6) is 0 Å². The van der Waals surface area contributed by atoms with Crippen molar-refractivity contribution in [2.24, 2.45) is 0 Å². The standard InChI is InChI=1S/C14H22BrN/c1-3-4-5-9-14(16-2)11-12-7-6-8-13(15)10-12/h6-8,10,14,16H,3-5,9,11H2,1-2H3. The van der Waals surface area contributed by atoms with Crippen molar-refractivity contribution in [2.75, 3.05) is 7.05 Å². The van der Waals surface area contributed by atoms with Gasteiger partial charge in [0.2, 0.25) is 0 Å². The maximum absolute atomic E-state index is 3.52. The number of likely N-dealkylation sites (N-methyl/N-ethyl adjacent to an activating group) is 1. The smallest absolute Gasteiger partial charge is 0.0178 e. The van der Waals surface area contributed by atoms with Gasteiger partial charge < -0.3 is 5.32 Å². The highest BCUT2D eigenvalue weighted by Crippen LogP contribution is 2.15. The summed E-state index contributed by atoms with van der Waals surface area (Å²) < 4.78 is 1.17. The highest BCUT2D eigenvalue weighted by molar-refractivity contribution is 9.10. The molecule has 90 valence electrons. The van der Waals surface area contributed by atoms with Gasteiger partial charge in [-0.25, -0.2) is 0 Å². The lowest BCUT2D eigenvalue weighted by Gasteiger charge is -2.16. The first-order chi connectivity index (χ1) is 7.76. The van der Waals surface area contributed by atoms with Crippen LogP contribution in [0.2, 0.25) is 0 Å². The summed E-state index contributed by atoms with van der Waals surface area (Å²) in [4.78, 5) is 0. The third-order valence-electron chi connectivity index (χ3n) is 2.94. The summed E-state index contributed by atoms with van der Waals surface area (Å²) in [6.07, 6.45) is 6.37. The summed E-state index contributed by atoms with van der Waals surface area (Å²) in [5.74, 6) is 0. The van der Waals surface area contributed by atoms with Crippen molar-refractivity contribution >= 4 is 15.9 Å². The number of benzene rings is 1. The number of rotatable bonds is 7. The molecule has 0 aromatic heterocycles. The molecule has 0 saturated heterocycles. The summed E-state index contributed by atoms with van der Waals surface area (Å²) in [7, 11) is 2.06. The Morgan fingerprint density at radius 3 is 2.75 bits per heavy atom. The minimum absolute atomic E-state index is 0.612. The van der Waals surface area contributed by atoms with Crippen molar-refractivity contribution in [3.8, 4) is 0 Å². The Morgan fingerprint density at radius 1 is 1.31 bits per heavy atom. The Labute approximate surface area is 108 Å². The SMILES string of the molecule is CCCCCC(Cc1cccc(Br)c1)NC. The van der Waals surface area contributed by atoms with E-state index in [1.165, 1.54) is 35.7 Å². The Bertz CT molecular complexity index is 299. The second kappa shape index (κ2) is 7.86. The van der Waals surface area contributed by atoms with Gasteiger partial charge in [0, 0.05) is 10.5 Å². The molecule has 16 heavy (non-hydrogen) atoms. The minimum atomic E-state index is 0.612. The molecule has 0 aliphatic rings. The van der Waals surface area contributed by atoms with Crippen LogP contribution in [-0.4, -0.2) is 13.1 Å². The van der Waals surface area contributed by atoms with Crippen molar-refractivity contribution in [1.29, 1.82) is 0 Å². The average Bonchev–Trinajstić information content (AvgIpc) is 2.28. The third-order valence-corrected chi connectivity index (χ3v) is 3.43.